The molecule has 0 radical (unpaired) electrons. The Balaban J connectivity index is 1.75. The van der Waals surface area contributed by atoms with Gasteiger partial charge in [0, 0.05) is 11.0 Å². The van der Waals surface area contributed by atoms with E-state index in [1.54, 1.807) is 21.1 Å². The van der Waals surface area contributed by atoms with Crippen molar-refractivity contribution in [3.05, 3.63) is 52.5 Å². The maximum atomic E-state index is 12.1. The number of hydrogen-bond acceptors (Lipinski definition) is 4. The van der Waals surface area contributed by atoms with Crippen molar-refractivity contribution in [3.63, 3.8) is 0 Å². The number of halogens is 1. The van der Waals surface area contributed by atoms with E-state index in [4.69, 9.17) is 14.2 Å². The average Bonchev–Trinajstić information content (AvgIpc) is 2.66. The molecule has 0 aromatic heterocycles. The molecule has 0 unspecified atom stereocenters. The molecule has 0 aliphatic heterocycles. The summed E-state index contributed by atoms with van der Waals surface area (Å²) in [6, 6.07) is 13.3. The third-order valence-corrected chi connectivity index (χ3v) is 4.41. The molecule has 0 saturated heterocycles. The Morgan fingerprint density at radius 2 is 1.77 bits per heavy atom. The lowest BCUT2D eigenvalue weighted by atomic mass is 10.1. The van der Waals surface area contributed by atoms with Gasteiger partial charge in [0.1, 0.15) is 5.75 Å². The standard InChI is InChI=1S/C20H24BrNO4/c1-14(26-17-9-7-16(21)8-10-17)20(23)22-12-4-5-15-6-11-18(24-2)19(13-15)25-3/h6-11,13-14H,4-5,12H2,1-3H3,(H,22,23)/t14-/m0/s1. The Morgan fingerprint density at radius 3 is 2.42 bits per heavy atom. The summed E-state index contributed by atoms with van der Waals surface area (Å²) < 4.78 is 17.1. The lowest BCUT2D eigenvalue weighted by Crippen LogP contribution is -2.36. The van der Waals surface area contributed by atoms with Crippen LogP contribution in [-0.2, 0) is 11.2 Å². The van der Waals surface area contributed by atoms with E-state index < -0.39 is 6.10 Å². The van der Waals surface area contributed by atoms with Crippen molar-refractivity contribution in [1.82, 2.24) is 5.32 Å². The van der Waals surface area contributed by atoms with Crippen LogP contribution in [0.25, 0.3) is 0 Å². The molecule has 0 aliphatic carbocycles. The highest BCUT2D eigenvalue weighted by Gasteiger charge is 2.14. The molecule has 0 fully saturated rings. The summed E-state index contributed by atoms with van der Waals surface area (Å²) in [7, 11) is 3.24. The summed E-state index contributed by atoms with van der Waals surface area (Å²) in [6.45, 7) is 2.33. The number of hydrogen-bond donors (Lipinski definition) is 1. The van der Waals surface area contributed by atoms with E-state index in [1.165, 1.54) is 0 Å². The first-order valence-electron chi connectivity index (χ1n) is 8.44. The molecule has 2 aromatic rings. The highest BCUT2D eigenvalue weighted by molar-refractivity contribution is 9.10. The van der Waals surface area contributed by atoms with Crippen LogP contribution in [0.1, 0.15) is 18.9 Å². The minimum Gasteiger partial charge on any atom is -0.493 e. The molecule has 2 aromatic carbocycles. The number of aryl methyl sites for hydroxylation is 1. The van der Waals surface area contributed by atoms with Gasteiger partial charge in [0.15, 0.2) is 17.6 Å². The first-order chi connectivity index (χ1) is 12.5. The minimum atomic E-state index is -0.544. The second-order valence-corrected chi connectivity index (χ2v) is 6.71. The normalized spacial score (nSPS) is 11.5. The maximum Gasteiger partial charge on any atom is 0.260 e. The summed E-state index contributed by atoms with van der Waals surface area (Å²) in [5, 5.41) is 2.91. The monoisotopic (exact) mass is 421 g/mol. The van der Waals surface area contributed by atoms with E-state index in [-0.39, 0.29) is 5.91 Å². The first kappa shape index (κ1) is 20.1. The van der Waals surface area contributed by atoms with Crippen LogP contribution >= 0.6 is 15.9 Å². The Morgan fingerprint density at radius 1 is 1.08 bits per heavy atom. The van der Waals surface area contributed by atoms with Gasteiger partial charge in [0.05, 0.1) is 14.2 Å². The summed E-state index contributed by atoms with van der Waals surface area (Å²) >= 11 is 3.37. The molecule has 1 amide bonds. The van der Waals surface area contributed by atoms with Crippen LogP contribution in [0.2, 0.25) is 0 Å². The van der Waals surface area contributed by atoms with Crippen LogP contribution in [0.4, 0.5) is 0 Å². The molecule has 0 spiro atoms. The molecular weight excluding hydrogens is 398 g/mol. The van der Waals surface area contributed by atoms with Gasteiger partial charge in [0.2, 0.25) is 0 Å². The Kier molecular flexibility index (Phi) is 7.78. The van der Waals surface area contributed by atoms with Gasteiger partial charge in [-0.15, -0.1) is 0 Å². The van der Waals surface area contributed by atoms with Crippen molar-refractivity contribution in [3.8, 4) is 17.2 Å². The van der Waals surface area contributed by atoms with E-state index in [9.17, 15) is 4.79 Å². The lowest BCUT2D eigenvalue weighted by Gasteiger charge is -2.15. The molecule has 140 valence electrons. The van der Waals surface area contributed by atoms with Gasteiger partial charge in [0.25, 0.3) is 5.91 Å². The van der Waals surface area contributed by atoms with Crippen molar-refractivity contribution in [2.45, 2.75) is 25.9 Å². The van der Waals surface area contributed by atoms with E-state index in [0.29, 0.717) is 23.8 Å². The Bertz CT molecular complexity index is 718. The van der Waals surface area contributed by atoms with Crippen molar-refractivity contribution in [2.75, 3.05) is 20.8 Å². The van der Waals surface area contributed by atoms with Crippen molar-refractivity contribution < 1.29 is 19.0 Å². The molecule has 1 atom stereocenters. The zero-order valence-electron chi connectivity index (χ0n) is 15.3. The topological polar surface area (TPSA) is 56.8 Å². The van der Waals surface area contributed by atoms with Crippen LogP contribution in [-0.4, -0.2) is 32.8 Å². The lowest BCUT2D eigenvalue weighted by molar-refractivity contribution is -0.127. The molecule has 0 aliphatic rings. The number of carbonyl (C=O) groups is 1. The number of nitrogens with one attached hydrogen (secondary N) is 1. The summed E-state index contributed by atoms with van der Waals surface area (Å²) in [6.07, 6.45) is 1.12. The minimum absolute atomic E-state index is 0.125. The van der Waals surface area contributed by atoms with E-state index in [1.807, 2.05) is 42.5 Å². The molecule has 1 N–H and O–H groups in total. The summed E-state index contributed by atoms with van der Waals surface area (Å²) in [5.41, 5.74) is 1.14. The fraction of sp³-hybridized carbons (Fsp3) is 0.350. The second-order valence-electron chi connectivity index (χ2n) is 5.80. The molecule has 2 rings (SSSR count). The quantitative estimate of drug-likeness (QED) is 0.622. The molecule has 26 heavy (non-hydrogen) atoms. The van der Waals surface area contributed by atoms with Gasteiger partial charge in [-0.3, -0.25) is 4.79 Å². The number of ether oxygens (including phenoxy) is 3. The van der Waals surface area contributed by atoms with Crippen LogP contribution in [0.15, 0.2) is 46.9 Å². The number of carbonyl (C=O) groups excluding carboxylic acids is 1. The van der Waals surface area contributed by atoms with Gasteiger partial charge < -0.3 is 19.5 Å². The fourth-order valence-corrected chi connectivity index (χ4v) is 2.72. The first-order valence-corrected chi connectivity index (χ1v) is 9.23. The van der Waals surface area contributed by atoms with E-state index in [0.717, 1.165) is 22.9 Å². The summed E-state index contributed by atoms with van der Waals surface area (Å²) in [4.78, 5) is 12.1. The van der Waals surface area contributed by atoms with Crippen molar-refractivity contribution >= 4 is 21.8 Å². The predicted molar refractivity (Wildman–Crippen MR) is 105 cm³/mol. The van der Waals surface area contributed by atoms with Gasteiger partial charge >= 0.3 is 0 Å². The molecule has 0 saturated carbocycles. The smallest absolute Gasteiger partial charge is 0.260 e. The molecule has 5 nitrogen and oxygen atoms in total. The van der Waals surface area contributed by atoms with Crippen LogP contribution in [0, 0.1) is 0 Å². The van der Waals surface area contributed by atoms with Crippen molar-refractivity contribution in [1.29, 1.82) is 0 Å². The number of benzene rings is 2. The van der Waals surface area contributed by atoms with Crippen LogP contribution < -0.4 is 19.5 Å². The highest BCUT2D eigenvalue weighted by atomic mass is 79.9. The number of amides is 1. The Hall–Kier alpha value is -2.21. The fourth-order valence-electron chi connectivity index (χ4n) is 2.45. The van der Waals surface area contributed by atoms with E-state index in [2.05, 4.69) is 21.2 Å². The maximum absolute atomic E-state index is 12.1. The Labute approximate surface area is 162 Å². The largest absolute Gasteiger partial charge is 0.493 e. The molecular formula is C20H24BrNO4. The average molecular weight is 422 g/mol. The van der Waals surface area contributed by atoms with Crippen LogP contribution in [0.5, 0.6) is 17.2 Å². The SMILES string of the molecule is COc1ccc(CCCNC(=O)[C@H](C)Oc2ccc(Br)cc2)cc1OC. The van der Waals surface area contributed by atoms with Gasteiger partial charge in [-0.2, -0.15) is 0 Å². The summed E-state index contributed by atoms with van der Waals surface area (Å²) in [5.74, 6) is 1.97. The molecule has 0 bridgehead atoms. The number of methoxy groups -OCH3 is 2. The third-order valence-electron chi connectivity index (χ3n) is 3.89. The zero-order chi connectivity index (χ0) is 18.9. The van der Waals surface area contributed by atoms with E-state index >= 15 is 0 Å². The second kappa shape index (κ2) is 10.1. The van der Waals surface area contributed by atoms with Gasteiger partial charge in [-0.05, 0) is 61.7 Å². The zero-order valence-corrected chi connectivity index (χ0v) is 16.8. The van der Waals surface area contributed by atoms with Gasteiger partial charge in [-0.1, -0.05) is 22.0 Å². The predicted octanol–water partition coefficient (Wildman–Crippen LogP) is 3.98. The highest BCUT2D eigenvalue weighted by Crippen LogP contribution is 2.27. The number of rotatable bonds is 9. The van der Waals surface area contributed by atoms with Crippen molar-refractivity contribution in [2.24, 2.45) is 0 Å². The molecule has 6 heteroatoms. The van der Waals surface area contributed by atoms with Gasteiger partial charge in [-0.25, -0.2) is 0 Å². The third kappa shape index (κ3) is 5.95. The van der Waals surface area contributed by atoms with Crippen LogP contribution in [0.3, 0.4) is 0 Å². The molecule has 0 heterocycles.